The van der Waals surface area contributed by atoms with Gasteiger partial charge in [-0.15, -0.1) is 0 Å². The molecule has 1 aromatic carbocycles. The Labute approximate surface area is 131 Å². The summed E-state index contributed by atoms with van der Waals surface area (Å²) in [5, 5.41) is 2.92. The lowest BCUT2D eigenvalue weighted by Crippen LogP contribution is -2.22. The van der Waals surface area contributed by atoms with Crippen LogP contribution in [-0.4, -0.2) is 15.9 Å². The number of aromatic nitrogens is 2. The Morgan fingerprint density at radius 1 is 1.27 bits per heavy atom. The molecule has 0 fully saturated rings. The van der Waals surface area contributed by atoms with Gasteiger partial charge in [-0.3, -0.25) is 4.79 Å². The van der Waals surface area contributed by atoms with Crippen molar-refractivity contribution >= 4 is 11.7 Å². The van der Waals surface area contributed by atoms with Crippen molar-refractivity contribution in [3.63, 3.8) is 0 Å². The lowest BCUT2D eigenvalue weighted by Gasteiger charge is -2.20. The molecule has 0 saturated carbocycles. The number of rotatable bonds is 3. The Bertz CT molecular complexity index is 724. The molecule has 0 aliphatic heterocycles. The Morgan fingerprint density at radius 3 is 2.82 bits per heavy atom. The zero-order valence-corrected chi connectivity index (χ0v) is 13.3. The quantitative estimate of drug-likeness (QED) is 0.942. The van der Waals surface area contributed by atoms with Crippen LogP contribution in [0.5, 0.6) is 0 Å². The van der Waals surface area contributed by atoms with Crippen LogP contribution in [0.2, 0.25) is 0 Å². The molecule has 1 atom stereocenters. The van der Waals surface area contributed by atoms with E-state index in [1.54, 1.807) is 0 Å². The van der Waals surface area contributed by atoms with Gasteiger partial charge in [-0.1, -0.05) is 38.1 Å². The lowest BCUT2D eigenvalue weighted by molar-refractivity contribution is -0.119. The van der Waals surface area contributed by atoms with Crippen LogP contribution in [-0.2, 0) is 17.6 Å². The minimum absolute atomic E-state index is 0.0102. The van der Waals surface area contributed by atoms with Crippen LogP contribution in [0.3, 0.4) is 0 Å². The molecule has 22 heavy (non-hydrogen) atoms. The summed E-state index contributed by atoms with van der Waals surface area (Å²) in [4.78, 5) is 21.5. The summed E-state index contributed by atoms with van der Waals surface area (Å²) in [6, 6.07) is 8.33. The van der Waals surface area contributed by atoms with Gasteiger partial charge in [-0.2, -0.15) is 0 Å². The Morgan fingerprint density at radius 2 is 2.05 bits per heavy atom. The largest absolute Gasteiger partial charge is 0.309 e. The molecular formula is C18H21N3O. The number of hydrogen-bond acceptors (Lipinski definition) is 3. The lowest BCUT2D eigenvalue weighted by atomic mass is 9.92. The molecule has 4 nitrogen and oxygen atoms in total. The number of anilines is 1. The normalized spacial score (nSPS) is 14.0. The third-order valence-electron chi connectivity index (χ3n) is 4.35. The number of hydrogen-bond donors (Lipinski definition) is 1. The highest BCUT2D eigenvalue weighted by Crippen LogP contribution is 2.32. The SMILES string of the molecule is CCC(C)C(=O)Nc1nc2c(nc1C)-c1ccccc1CC2. The first-order chi connectivity index (χ1) is 10.6. The van der Waals surface area contributed by atoms with Crippen molar-refractivity contribution in [2.24, 2.45) is 5.92 Å². The molecule has 4 heteroatoms. The summed E-state index contributed by atoms with van der Waals surface area (Å²) in [5.41, 5.74) is 5.19. The minimum atomic E-state index is -0.0158. The van der Waals surface area contributed by atoms with E-state index in [-0.39, 0.29) is 11.8 Å². The van der Waals surface area contributed by atoms with Crippen LogP contribution >= 0.6 is 0 Å². The fourth-order valence-corrected chi connectivity index (χ4v) is 2.71. The molecule has 0 bridgehead atoms. The highest BCUT2D eigenvalue weighted by molar-refractivity contribution is 5.92. The molecule has 0 spiro atoms. The van der Waals surface area contributed by atoms with E-state index in [1.807, 2.05) is 26.8 Å². The number of aryl methyl sites for hydroxylation is 3. The molecule has 1 heterocycles. The molecule has 2 aromatic rings. The van der Waals surface area contributed by atoms with Gasteiger partial charge in [0.15, 0.2) is 5.82 Å². The predicted octanol–water partition coefficient (Wildman–Crippen LogP) is 3.54. The smallest absolute Gasteiger partial charge is 0.228 e. The maximum atomic E-state index is 12.1. The maximum Gasteiger partial charge on any atom is 0.228 e. The predicted molar refractivity (Wildman–Crippen MR) is 87.7 cm³/mol. The Kier molecular flexibility index (Phi) is 3.92. The monoisotopic (exact) mass is 295 g/mol. The van der Waals surface area contributed by atoms with Crippen LogP contribution in [0.4, 0.5) is 5.82 Å². The number of nitrogens with zero attached hydrogens (tertiary/aromatic N) is 2. The molecule has 1 aromatic heterocycles. The summed E-state index contributed by atoms with van der Waals surface area (Å²) < 4.78 is 0. The van der Waals surface area contributed by atoms with Crippen molar-refractivity contribution in [2.75, 3.05) is 5.32 Å². The Balaban J connectivity index is 1.97. The summed E-state index contributed by atoms with van der Waals surface area (Å²) in [7, 11) is 0. The van der Waals surface area contributed by atoms with Gasteiger partial charge in [0.1, 0.15) is 0 Å². The van der Waals surface area contributed by atoms with Crippen LogP contribution in [0, 0.1) is 12.8 Å². The van der Waals surface area contributed by atoms with Crippen LogP contribution in [0.15, 0.2) is 24.3 Å². The fourth-order valence-electron chi connectivity index (χ4n) is 2.71. The van der Waals surface area contributed by atoms with Gasteiger partial charge in [0.2, 0.25) is 5.91 Å². The van der Waals surface area contributed by atoms with E-state index in [0.29, 0.717) is 5.82 Å². The first-order valence-corrected chi connectivity index (χ1v) is 7.86. The highest BCUT2D eigenvalue weighted by atomic mass is 16.1. The fraction of sp³-hybridized carbons (Fsp3) is 0.389. The topological polar surface area (TPSA) is 54.9 Å². The van der Waals surface area contributed by atoms with Crippen molar-refractivity contribution in [1.82, 2.24) is 9.97 Å². The maximum absolute atomic E-state index is 12.1. The minimum Gasteiger partial charge on any atom is -0.309 e. The van der Waals surface area contributed by atoms with Crippen LogP contribution in [0.25, 0.3) is 11.3 Å². The molecule has 1 aliphatic carbocycles. The number of carbonyl (C=O) groups excluding carboxylic acids is 1. The van der Waals surface area contributed by atoms with Gasteiger partial charge in [0, 0.05) is 11.5 Å². The van der Waals surface area contributed by atoms with Gasteiger partial charge in [0.25, 0.3) is 0 Å². The number of carbonyl (C=O) groups is 1. The van der Waals surface area contributed by atoms with Gasteiger partial charge >= 0.3 is 0 Å². The van der Waals surface area contributed by atoms with Crippen LogP contribution < -0.4 is 5.32 Å². The third-order valence-corrected chi connectivity index (χ3v) is 4.35. The summed E-state index contributed by atoms with van der Waals surface area (Å²) in [6.45, 7) is 5.83. The van der Waals surface area contributed by atoms with E-state index < -0.39 is 0 Å². The highest BCUT2D eigenvalue weighted by Gasteiger charge is 2.21. The average molecular weight is 295 g/mol. The summed E-state index contributed by atoms with van der Waals surface area (Å²) in [5.74, 6) is 0.595. The number of amides is 1. The van der Waals surface area contributed by atoms with Crippen molar-refractivity contribution in [3.8, 4) is 11.3 Å². The number of nitrogens with one attached hydrogen (secondary N) is 1. The van der Waals surface area contributed by atoms with Crippen LogP contribution in [0.1, 0.15) is 37.2 Å². The second-order valence-corrected chi connectivity index (χ2v) is 5.91. The van der Waals surface area contributed by atoms with Crippen molar-refractivity contribution in [1.29, 1.82) is 0 Å². The van der Waals surface area contributed by atoms with Gasteiger partial charge in [-0.05, 0) is 31.7 Å². The molecule has 0 saturated heterocycles. The van der Waals surface area contributed by atoms with E-state index >= 15 is 0 Å². The molecule has 1 amide bonds. The van der Waals surface area contributed by atoms with E-state index in [0.717, 1.165) is 36.3 Å². The molecule has 114 valence electrons. The second-order valence-electron chi connectivity index (χ2n) is 5.91. The van der Waals surface area contributed by atoms with Gasteiger partial charge < -0.3 is 5.32 Å². The van der Waals surface area contributed by atoms with Gasteiger partial charge in [0.05, 0.1) is 17.1 Å². The molecule has 3 rings (SSSR count). The number of benzene rings is 1. The average Bonchev–Trinajstić information content (AvgIpc) is 2.54. The van der Waals surface area contributed by atoms with E-state index in [2.05, 4.69) is 28.5 Å². The zero-order chi connectivity index (χ0) is 15.7. The molecular weight excluding hydrogens is 274 g/mol. The summed E-state index contributed by atoms with van der Waals surface area (Å²) >= 11 is 0. The molecule has 1 unspecified atom stereocenters. The number of fused-ring (bicyclic) bond motifs is 3. The second kappa shape index (κ2) is 5.87. The van der Waals surface area contributed by atoms with Gasteiger partial charge in [-0.25, -0.2) is 9.97 Å². The molecule has 0 radical (unpaired) electrons. The molecule has 1 aliphatic rings. The standard InChI is InChI=1S/C18H21N3O/c1-4-11(2)18(22)21-17-12(3)19-16-14-8-6-5-7-13(14)9-10-15(16)20-17/h5-8,11H,4,9-10H2,1-3H3,(H,20,21,22). The Hall–Kier alpha value is -2.23. The van der Waals surface area contributed by atoms with E-state index in [4.69, 9.17) is 4.98 Å². The molecule has 1 N–H and O–H groups in total. The van der Waals surface area contributed by atoms with Crippen molar-refractivity contribution < 1.29 is 4.79 Å². The van der Waals surface area contributed by atoms with E-state index in [9.17, 15) is 4.79 Å². The third kappa shape index (κ3) is 2.61. The zero-order valence-electron chi connectivity index (χ0n) is 13.3. The summed E-state index contributed by atoms with van der Waals surface area (Å²) in [6.07, 6.45) is 2.65. The first kappa shape index (κ1) is 14.7. The van der Waals surface area contributed by atoms with E-state index in [1.165, 1.54) is 11.1 Å². The van der Waals surface area contributed by atoms with Crippen molar-refractivity contribution in [2.45, 2.75) is 40.0 Å². The first-order valence-electron chi connectivity index (χ1n) is 7.86. The van der Waals surface area contributed by atoms with Crippen molar-refractivity contribution in [3.05, 3.63) is 41.2 Å².